The summed E-state index contributed by atoms with van der Waals surface area (Å²) in [5.41, 5.74) is 0. The molecule has 0 aliphatic heterocycles. The topological polar surface area (TPSA) is 57.2 Å². The molecule has 0 bridgehead atoms. The molecule has 0 aliphatic carbocycles. The van der Waals surface area contributed by atoms with E-state index in [1.807, 2.05) is 0 Å². The summed E-state index contributed by atoms with van der Waals surface area (Å²) in [4.78, 5) is 0. The van der Waals surface area contributed by atoms with Gasteiger partial charge in [-0.25, -0.2) is 12.8 Å². The first kappa shape index (κ1) is 21.0. The summed E-state index contributed by atoms with van der Waals surface area (Å²) >= 11 is 0. The lowest BCUT2D eigenvalue weighted by Crippen LogP contribution is -2.47. The van der Waals surface area contributed by atoms with Crippen LogP contribution in [0.5, 0.6) is 0 Å². The molecule has 1 atom stereocenters. The van der Waals surface area contributed by atoms with Crippen LogP contribution >= 0.6 is 0 Å². The third kappa shape index (κ3) is 11.3. The summed E-state index contributed by atoms with van der Waals surface area (Å²) in [5.74, 6) is -1.13. The smallest absolute Gasteiger partial charge is 0.115 e. The number of nitrogens with zero attached hydrogens (tertiary/aromatic N) is 1. The molecule has 0 N–H and O–H groups in total. The highest BCUT2D eigenvalue weighted by Gasteiger charge is 2.16. The second-order valence-corrected chi connectivity index (χ2v) is 5.85. The first-order valence-corrected chi connectivity index (χ1v) is 8.26. The summed E-state index contributed by atoms with van der Waals surface area (Å²) in [6, 6.07) is 0. The number of rotatable bonds is 8. The van der Waals surface area contributed by atoms with Gasteiger partial charge in [-0.3, -0.25) is 4.39 Å². The molecule has 0 amide bonds. The predicted molar refractivity (Wildman–Crippen MR) is 72.5 cm³/mol. The third-order valence-electron chi connectivity index (χ3n) is 3.49. The van der Waals surface area contributed by atoms with Crippen molar-refractivity contribution in [1.29, 1.82) is 0 Å². The molecule has 0 rings (SSSR count). The zero-order valence-electron chi connectivity index (χ0n) is 12.4. The molecule has 0 saturated carbocycles. The molecule has 7 heteroatoms. The lowest BCUT2D eigenvalue weighted by atomic mass is 10.3. The Morgan fingerprint density at radius 2 is 1.42 bits per heavy atom. The van der Waals surface area contributed by atoms with Crippen LogP contribution in [0.3, 0.4) is 0 Å². The van der Waals surface area contributed by atoms with Gasteiger partial charge < -0.3 is 9.04 Å². The molecule has 0 aromatic carbocycles. The number of quaternary nitrogens is 1. The van der Waals surface area contributed by atoms with Crippen LogP contribution in [0.15, 0.2) is 0 Å². The largest absolute Gasteiger partial charge is 0.748 e. The van der Waals surface area contributed by atoms with E-state index in [4.69, 9.17) is 0 Å². The minimum atomic E-state index is -4.54. The molecule has 0 radical (unpaired) electrons. The Balaban J connectivity index is 0. The van der Waals surface area contributed by atoms with Crippen molar-refractivity contribution in [2.75, 3.05) is 38.6 Å². The van der Waals surface area contributed by atoms with Crippen molar-refractivity contribution in [1.82, 2.24) is 0 Å². The fraction of sp³-hybridized carbons (Fsp3) is 1.00. The summed E-state index contributed by atoms with van der Waals surface area (Å²) in [6.45, 7) is 13.3. The van der Waals surface area contributed by atoms with Crippen molar-refractivity contribution in [3.05, 3.63) is 0 Å². The van der Waals surface area contributed by atoms with E-state index < -0.39 is 35.1 Å². The van der Waals surface area contributed by atoms with Gasteiger partial charge in [-0.05, 0) is 27.7 Å². The minimum Gasteiger partial charge on any atom is -0.748 e. The molecule has 1 unspecified atom stereocenters. The van der Waals surface area contributed by atoms with Gasteiger partial charge in [-0.1, -0.05) is 0 Å². The maximum atomic E-state index is 12.1. The highest BCUT2D eigenvalue weighted by Crippen LogP contribution is 2.03. The van der Waals surface area contributed by atoms with Crippen molar-refractivity contribution in [2.24, 2.45) is 0 Å². The van der Waals surface area contributed by atoms with Crippen LogP contribution in [-0.2, 0) is 10.1 Å². The molecular formula is C12H27F2NO3S. The van der Waals surface area contributed by atoms with Gasteiger partial charge in [0.05, 0.1) is 48.7 Å². The van der Waals surface area contributed by atoms with Gasteiger partial charge in [0.15, 0.2) is 0 Å². The highest BCUT2D eigenvalue weighted by atomic mass is 32.2. The van der Waals surface area contributed by atoms with E-state index in [1.165, 1.54) is 30.7 Å². The SMILES string of the molecule is CC[N+](CC)(CC)CC.O=S(=O)([O-])CC(F)CCF. The van der Waals surface area contributed by atoms with Gasteiger partial charge in [0.2, 0.25) is 0 Å². The van der Waals surface area contributed by atoms with Gasteiger partial charge in [0.1, 0.15) is 6.17 Å². The maximum Gasteiger partial charge on any atom is 0.115 e. The Morgan fingerprint density at radius 1 is 1.05 bits per heavy atom. The highest BCUT2D eigenvalue weighted by molar-refractivity contribution is 7.85. The van der Waals surface area contributed by atoms with E-state index >= 15 is 0 Å². The molecular weight excluding hydrogens is 276 g/mol. The fourth-order valence-electron chi connectivity index (χ4n) is 1.76. The molecule has 118 valence electrons. The van der Waals surface area contributed by atoms with E-state index in [2.05, 4.69) is 27.7 Å². The molecule has 0 spiro atoms. The van der Waals surface area contributed by atoms with Gasteiger partial charge in [0, 0.05) is 6.42 Å². The first-order chi connectivity index (χ1) is 8.70. The van der Waals surface area contributed by atoms with E-state index in [-0.39, 0.29) is 0 Å². The fourth-order valence-corrected chi connectivity index (χ4v) is 2.37. The van der Waals surface area contributed by atoms with E-state index in [0.717, 1.165) is 0 Å². The zero-order chi connectivity index (χ0) is 15.5. The third-order valence-corrected chi connectivity index (χ3v) is 4.26. The number of hydrogen-bond acceptors (Lipinski definition) is 3. The molecule has 0 aromatic rings. The van der Waals surface area contributed by atoms with Crippen molar-refractivity contribution in [3.8, 4) is 0 Å². The summed E-state index contributed by atoms with van der Waals surface area (Å²) in [6.07, 6.45) is -2.39. The minimum absolute atomic E-state index is 0.526. The molecule has 0 aliphatic rings. The summed E-state index contributed by atoms with van der Waals surface area (Å²) in [7, 11) is -4.54. The first-order valence-electron chi connectivity index (χ1n) is 6.68. The number of alkyl halides is 2. The van der Waals surface area contributed by atoms with Crippen molar-refractivity contribution < 1.29 is 26.2 Å². The monoisotopic (exact) mass is 303 g/mol. The van der Waals surface area contributed by atoms with E-state index in [9.17, 15) is 21.8 Å². The quantitative estimate of drug-likeness (QED) is 0.510. The lowest BCUT2D eigenvalue weighted by Gasteiger charge is -2.34. The van der Waals surface area contributed by atoms with Crippen LogP contribution in [0.25, 0.3) is 0 Å². The maximum absolute atomic E-state index is 12.1. The standard InChI is InChI=1S/C8H20N.C4H8F2O3S/c1-5-9(6-2,7-3)8-4;5-2-1-4(6)3-10(7,8)9/h5-8H2,1-4H3;4H,1-3H2,(H,7,8,9)/q+1;/p-1. The Labute approximate surface area is 116 Å². The van der Waals surface area contributed by atoms with E-state index in [1.54, 1.807) is 0 Å². The van der Waals surface area contributed by atoms with E-state index in [0.29, 0.717) is 0 Å². The number of hydrogen-bond donors (Lipinski definition) is 0. The second-order valence-electron chi connectivity index (χ2n) is 4.41. The zero-order valence-corrected chi connectivity index (χ0v) is 13.2. The molecule has 0 aromatic heterocycles. The van der Waals surface area contributed by atoms with Gasteiger partial charge >= 0.3 is 0 Å². The predicted octanol–water partition coefficient (Wildman–Crippen LogP) is 2.11. The molecule has 0 heterocycles. The Hall–Kier alpha value is -0.270. The molecule has 19 heavy (non-hydrogen) atoms. The van der Waals surface area contributed by atoms with Crippen LogP contribution in [0, 0.1) is 0 Å². The van der Waals surface area contributed by atoms with Crippen LogP contribution in [-0.4, -0.2) is 62.2 Å². The average Bonchev–Trinajstić information content (AvgIpc) is 2.31. The normalized spacial score (nSPS) is 13.6. The van der Waals surface area contributed by atoms with Crippen LogP contribution in [0.2, 0.25) is 0 Å². The molecule has 0 saturated heterocycles. The van der Waals surface area contributed by atoms with Crippen molar-refractivity contribution >= 4 is 10.1 Å². The Kier molecular flexibility index (Phi) is 11.6. The Morgan fingerprint density at radius 3 is 1.58 bits per heavy atom. The lowest BCUT2D eigenvalue weighted by molar-refractivity contribution is -0.921. The van der Waals surface area contributed by atoms with Crippen molar-refractivity contribution in [3.63, 3.8) is 0 Å². The molecule has 4 nitrogen and oxygen atoms in total. The van der Waals surface area contributed by atoms with Gasteiger partial charge in [-0.15, -0.1) is 0 Å². The van der Waals surface area contributed by atoms with Gasteiger partial charge in [0.25, 0.3) is 0 Å². The summed E-state index contributed by atoms with van der Waals surface area (Å²) < 4.78 is 54.0. The van der Waals surface area contributed by atoms with Crippen LogP contribution in [0.4, 0.5) is 8.78 Å². The Bertz CT molecular complexity index is 289. The van der Waals surface area contributed by atoms with Gasteiger partial charge in [-0.2, -0.15) is 0 Å². The average molecular weight is 303 g/mol. The summed E-state index contributed by atoms with van der Waals surface area (Å²) in [5, 5.41) is 0. The van der Waals surface area contributed by atoms with Crippen molar-refractivity contribution in [2.45, 2.75) is 40.3 Å². The van der Waals surface area contributed by atoms with Crippen LogP contribution in [0.1, 0.15) is 34.1 Å². The van der Waals surface area contributed by atoms with Crippen LogP contribution < -0.4 is 0 Å². The molecule has 0 fully saturated rings. The number of halogens is 2. The second kappa shape index (κ2) is 10.5.